The molecule has 50 valence electrons. The topological polar surface area (TPSA) is 18.5 Å². The van der Waals surface area contributed by atoms with Gasteiger partial charge >= 0.3 is 59.6 Å². The maximum atomic E-state index is 3.13. The van der Waals surface area contributed by atoms with Crippen LogP contribution >= 0.6 is 0 Å². The summed E-state index contributed by atoms with van der Waals surface area (Å²) in [5, 5.41) is 2.03. The Morgan fingerprint density at radius 3 is 2.38 bits per heavy atom. The third-order valence-electron chi connectivity index (χ3n) is 1.01. The van der Waals surface area contributed by atoms with E-state index in [2.05, 4.69) is 36.7 Å². The first-order chi connectivity index (χ1) is 3.70. The molecule has 1 fully saturated rings. The Morgan fingerprint density at radius 1 is 1.62 bits per heavy atom. The van der Waals surface area contributed by atoms with Crippen molar-refractivity contribution in [2.24, 2.45) is 0 Å². The van der Waals surface area contributed by atoms with Gasteiger partial charge in [-0.1, -0.05) is 0 Å². The molecule has 0 aliphatic carbocycles. The normalized spacial score (nSPS) is 25.2. The molecule has 1 heterocycles. The molecule has 8 heavy (non-hydrogen) atoms. The summed E-state index contributed by atoms with van der Waals surface area (Å²) in [4.78, 5) is 2.14. The number of hydrogen-bond donors (Lipinski definition) is 1. The average Bonchev–Trinajstić information content (AvgIpc) is 1.85. The van der Waals surface area contributed by atoms with E-state index >= 15 is 0 Å². The zero-order valence-electron chi connectivity index (χ0n) is 4.92. The molecule has 1 rings (SSSR count). The van der Waals surface area contributed by atoms with E-state index in [1.807, 2.05) is 12.1 Å². The van der Waals surface area contributed by atoms with Crippen molar-refractivity contribution in [3.8, 4) is 0 Å². The van der Waals surface area contributed by atoms with Crippen molar-refractivity contribution < 1.29 is 19.4 Å². The standard InChI is InChI=1S/C4H9N3.Pt/c1-6-3-5-7(2)4-6;/h5H,4H2,1-2H3;. The van der Waals surface area contributed by atoms with Gasteiger partial charge in [-0.25, -0.2) is 0 Å². The van der Waals surface area contributed by atoms with Crippen LogP contribution in [0.15, 0.2) is 0 Å². The van der Waals surface area contributed by atoms with Gasteiger partial charge in [0.05, 0.1) is 0 Å². The van der Waals surface area contributed by atoms with Crippen molar-refractivity contribution in [2.75, 3.05) is 20.8 Å². The number of hydrazine groups is 1. The molecule has 0 amide bonds. The maximum absolute atomic E-state index is 3.13. The van der Waals surface area contributed by atoms with Gasteiger partial charge in [-0.05, 0) is 0 Å². The van der Waals surface area contributed by atoms with Crippen molar-refractivity contribution >= 4 is 4.15 Å². The van der Waals surface area contributed by atoms with Crippen LogP contribution in [0.1, 0.15) is 0 Å². The van der Waals surface area contributed by atoms with Gasteiger partial charge in [-0.2, -0.15) is 0 Å². The molecule has 3 nitrogen and oxygen atoms in total. The zero-order chi connectivity index (χ0) is 6.15. The molecule has 0 aromatic heterocycles. The van der Waals surface area contributed by atoms with Gasteiger partial charge < -0.3 is 0 Å². The van der Waals surface area contributed by atoms with Crippen molar-refractivity contribution in [3.63, 3.8) is 0 Å². The van der Waals surface area contributed by atoms with Gasteiger partial charge in [0.15, 0.2) is 0 Å². The average molecular weight is 294 g/mol. The van der Waals surface area contributed by atoms with E-state index in [0.717, 1.165) is 6.67 Å². The van der Waals surface area contributed by atoms with Crippen molar-refractivity contribution in [3.05, 3.63) is 0 Å². The van der Waals surface area contributed by atoms with Crippen LogP contribution in [-0.2, 0) is 19.4 Å². The third kappa shape index (κ3) is 1.23. The summed E-state index contributed by atoms with van der Waals surface area (Å²) < 4.78 is 1.19. The van der Waals surface area contributed by atoms with Gasteiger partial charge in [0.2, 0.25) is 0 Å². The van der Waals surface area contributed by atoms with E-state index in [0.29, 0.717) is 0 Å². The molecular formula is C4H9N3Pt. The summed E-state index contributed by atoms with van der Waals surface area (Å²) in [6.45, 7) is 0.971. The van der Waals surface area contributed by atoms with E-state index in [1.54, 1.807) is 0 Å². The summed E-state index contributed by atoms with van der Waals surface area (Å²) in [6.07, 6.45) is 0. The quantitative estimate of drug-likeness (QED) is 0.616. The van der Waals surface area contributed by atoms with Crippen LogP contribution in [0.4, 0.5) is 0 Å². The minimum atomic E-state index is 0.971. The Morgan fingerprint density at radius 2 is 2.25 bits per heavy atom. The van der Waals surface area contributed by atoms with Crippen LogP contribution in [0.3, 0.4) is 0 Å². The molecule has 1 aliphatic rings. The van der Waals surface area contributed by atoms with Gasteiger partial charge in [-0.3, -0.25) is 0 Å². The van der Waals surface area contributed by atoms with Crippen molar-refractivity contribution in [1.29, 1.82) is 0 Å². The van der Waals surface area contributed by atoms with Crippen LogP contribution in [-0.4, -0.2) is 34.8 Å². The van der Waals surface area contributed by atoms with E-state index < -0.39 is 0 Å². The minimum absolute atomic E-state index is 0.971. The van der Waals surface area contributed by atoms with Gasteiger partial charge in [0, 0.05) is 0 Å². The predicted molar refractivity (Wildman–Crippen MR) is 28.5 cm³/mol. The second-order valence-electron chi connectivity index (χ2n) is 1.91. The molecule has 0 unspecified atom stereocenters. The van der Waals surface area contributed by atoms with Gasteiger partial charge in [-0.15, -0.1) is 0 Å². The van der Waals surface area contributed by atoms with Crippen LogP contribution in [0, 0.1) is 0 Å². The van der Waals surface area contributed by atoms with E-state index in [9.17, 15) is 0 Å². The van der Waals surface area contributed by atoms with Gasteiger partial charge in [0.25, 0.3) is 0 Å². The van der Waals surface area contributed by atoms with Crippen LogP contribution in [0.5, 0.6) is 0 Å². The first-order valence-corrected chi connectivity index (χ1v) is 3.52. The van der Waals surface area contributed by atoms with Crippen LogP contribution < -0.4 is 5.43 Å². The van der Waals surface area contributed by atoms with E-state index in [1.165, 1.54) is 4.15 Å². The second-order valence-corrected chi connectivity index (χ2v) is 2.99. The summed E-state index contributed by atoms with van der Waals surface area (Å²) in [5.41, 5.74) is 3.13. The second kappa shape index (κ2) is 2.36. The summed E-state index contributed by atoms with van der Waals surface area (Å²) in [7, 11) is 4.07. The number of nitrogens with zero attached hydrogens (tertiary/aromatic N) is 2. The Hall–Kier alpha value is 0.438. The first-order valence-electron chi connectivity index (χ1n) is 2.38. The predicted octanol–water partition coefficient (Wildman–Crippen LogP) is -1.04. The molecule has 0 aromatic rings. The fourth-order valence-electron chi connectivity index (χ4n) is 0.642. The van der Waals surface area contributed by atoms with Crippen molar-refractivity contribution in [1.82, 2.24) is 15.3 Å². The Labute approximate surface area is 60.0 Å². The number of hydrogen-bond acceptors (Lipinski definition) is 3. The monoisotopic (exact) mass is 294 g/mol. The molecule has 0 spiro atoms. The Bertz CT molecular complexity index is 114. The molecule has 0 atom stereocenters. The molecule has 0 saturated carbocycles. The molecule has 1 N–H and O–H groups in total. The molecular weight excluding hydrogens is 285 g/mol. The zero-order valence-corrected chi connectivity index (χ0v) is 7.19. The molecule has 0 bridgehead atoms. The summed E-state index contributed by atoms with van der Waals surface area (Å²) in [6, 6.07) is 0. The fourth-order valence-corrected chi connectivity index (χ4v) is 1.24. The van der Waals surface area contributed by atoms with Gasteiger partial charge in [0.1, 0.15) is 0 Å². The SMILES string of the molecule is CN1CN(C)[C](=[Pt])N1. The van der Waals surface area contributed by atoms with E-state index in [4.69, 9.17) is 0 Å². The Kier molecular flexibility index (Phi) is 1.93. The summed E-state index contributed by atoms with van der Waals surface area (Å²) >= 11 is 2.25. The summed E-state index contributed by atoms with van der Waals surface area (Å²) in [5.74, 6) is 0. The first kappa shape index (κ1) is 6.56. The number of nitrogens with one attached hydrogen (secondary N) is 1. The molecule has 0 aromatic carbocycles. The van der Waals surface area contributed by atoms with Crippen LogP contribution in [0.25, 0.3) is 0 Å². The molecule has 1 saturated heterocycles. The fraction of sp³-hybridized carbons (Fsp3) is 0.750. The molecule has 4 heteroatoms. The number of rotatable bonds is 0. The van der Waals surface area contributed by atoms with Crippen molar-refractivity contribution in [2.45, 2.75) is 0 Å². The Balaban J connectivity index is 2.51. The third-order valence-corrected chi connectivity index (χ3v) is 2.13. The molecule has 0 radical (unpaired) electrons. The van der Waals surface area contributed by atoms with Crippen LogP contribution in [0.2, 0.25) is 0 Å². The van der Waals surface area contributed by atoms with E-state index in [-0.39, 0.29) is 0 Å². The molecule has 1 aliphatic heterocycles.